The van der Waals surface area contributed by atoms with Crippen molar-refractivity contribution in [2.75, 3.05) is 13.1 Å². The van der Waals surface area contributed by atoms with Gasteiger partial charge in [0, 0.05) is 25.4 Å². The Bertz CT molecular complexity index is 410. The van der Waals surface area contributed by atoms with Crippen LogP contribution in [-0.2, 0) is 14.4 Å². The molecule has 1 saturated carbocycles. The van der Waals surface area contributed by atoms with Gasteiger partial charge in [0.05, 0.1) is 0 Å². The van der Waals surface area contributed by atoms with Crippen molar-refractivity contribution in [3.8, 4) is 0 Å². The van der Waals surface area contributed by atoms with Crippen molar-refractivity contribution in [1.29, 1.82) is 0 Å². The van der Waals surface area contributed by atoms with Crippen LogP contribution in [0.25, 0.3) is 0 Å². The van der Waals surface area contributed by atoms with Gasteiger partial charge in [-0.05, 0) is 31.6 Å². The summed E-state index contributed by atoms with van der Waals surface area (Å²) >= 11 is 0. The molecule has 0 radical (unpaired) electrons. The van der Waals surface area contributed by atoms with Crippen LogP contribution in [0.2, 0.25) is 0 Å². The van der Waals surface area contributed by atoms with E-state index in [2.05, 4.69) is 5.32 Å². The van der Waals surface area contributed by atoms with Crippen molar-refractivity contribution in [3.05, 3.63) is 0 Å². The molecule has 2 fully saturated rings. The molecule has 0 aromatic rings. The van der Waals surface area contributed by atoms with Crippen LogP contribution >= 0.6 is 0 Å². The fourth-order valence-corrected chi connectivity index (χ4v) is 2.74. The van der Waals surface area contributed by atoms with Crippen molar-refractivity contribution >= 4 is 17.8 Å². The van der Waals surface area contributed by atoms with Crippen LogP contribution in [-0.4, -0.2) is 46.9 Å². The molecule has 3 atom stereocenters. The molecular weight excluding hydrogens is 260 g/mol. The van der Waals surface area contributed by atoms with E-state index in [0.29, 0.717) is 25.4 Å². The monoisotopic (exact) mass is 282 g/mol. The van der Waals surface area contributed by atoms with E-state index in [1.807, 2.05) is 6.92 Å². The Labute approximate surface area is 118 Å². The zero-order chi connectivity index (χ0) is 14.7. The number of piperidine rings is 1. The molecule has 2 rings (SSSR count). The summed E-state index contributed by atoms with van der Waals surface area (Å²) in [7, 11) is 0. The van der Waals surface area contributed by atoms with Gasteiger partial charge in [-0.3, -0.25) is 9.59 Å². The van der Waals surface area contributed by atoms with Gasteiger partial charge in [0.15, 0.2) is 0 Å². The van der Waals surface area contributed by atoms with Crippen molar-refractivity contribution in [1.82, 2.24) is 10.2 Å². The second kappa shape index (κ2) is 6.24. The quantitative estimate of drug-likeness (QED) is 0.773. The SMILES string of the molecule is CC1CC1C(=O)NCCC(=O)N1CCCC[C@H]1C(=O)O. The van der Waals surface area contributed by atoms with E-state index in [1.54, 1.807) is 0 Å². The van der Waals surface area contributed by atoms with E-state index in [1.165, 1.54) is 4.90 Å². The summed E-state index contributed by atoms with van der Waals surface area (Å²) < 4.78 is 0. The number of carboxylic acid groups (broad SMARTS) is 1. The highest BCUT2D eigenvalue weighted by Gasteiger charge is 2.39. The molecule has 0 bridgehead atoms. The lowest BCUT2D eigenvalue weighted by Gasteiger charge is -2.33. The molecule has 112 valence electrons. The number of nitrogens with one attached hydrogen (secondary N) is 1. The predicted molar refractivity (Wildman–Crippen MR) is 71.9 cm³/mol. The Hall–Kier alpha value is -1.59. The minimum atomic E-state index is -0.936. The number of carbonyl (C=O) groups is 3. The van der Waals surface area contributed by atoms with Gasteiger partial charge >= 0.3 is 5.97 Å². The third-order valence-corrected chi connectivity index (χ3v) is 4.19. The number of hydrogen-bond acceptors (Lipinski definition) is 3. The summed E-state index contributed by atoms with van der Waals surface area (Å²) in [5.41, 5.74) is 0. The molecule has 2 N–H and O–H groups in total. The predicted octanol–water partition coefficient (Wildman–Crippen LogP) is 0.614. The zero-order valence-corrected chi connectivity index (χ0v) is 11.8. The van der Waals surface area contributed by atoms with Gasteiger partial charge in [-0.25, -0.2) is 4.79 Å². The topological polar surface area (TPSA) is 86.7 Å². The van der Waals surface area contributed by atoms with Crippen LogP contribution in [0.15, 0.2) is 0 Å². The maximum atomic E-state index is 12.1. The van der Waals surface area contributed by atoms with Crippen LogP contribution in [0.4, 0.5) is 0 Å². The number of aliphatic carboxylic acids is 1. The number of rotatable bonds is 5. The lowest BCUT2D eigenvalue weighted by atomic mass is 10.0. The fraction of sp³-hybridized carbons (Fsp3) is 0.786. The van der Waals surface area contributed by atoms with Crippen molar-refractivity contribution in [2.45, 2.75) is 45.1 Å². The van der Waals surface area contributed by atoms with Crippen LogP contribution in [0.3, 0.4) is 0 Å². The molecule has 1 aliphatic heterocycles. The van der Waals surface area contributed by atoms with Crippen LogP contribution in [0.5, 0.6) is 0 Å². The molecule has 6 heteroatoms. The lowest BCUT2D eigenvalue weighted by molar-refractivity contribution is -0.152. The molecule has 1 saturated heterocycles. The average Bonchev–Trinajstić information content (AvgIpc) is 3.15. The van der Waals surface area contributed by atoms with Gasteiger partial charge in [0.2, 0.25) is 11.8 Å². The maximum Gasteiger partial charge on any atom is 0.326 e. The number of amides is 2. The molecule has 0 aromatic carbocycles. The Balaban J connectivity index is 1.75. The molecule has 2 unspecified atom stereocenters. The van der Waals surface area contributed by atoms with Gasteiger partial charge < -0.3 is 15.3 Å². The minimum absolute atomic E-state index is 0.0127. The molecular formula is C14H22N2O4. The van der Waals surface area contributed by atoms with Crippen molar-refractivity contribution in [3.63, 3.8) is 0 Å². The third kappa shape index (κ3) is 3.49. The summed E-state index contributed by atoms with van der Waals surface area (Å²) in [5, 5.41) is 11.9. The van der Waals surface area contributed by atoms with Crippen LogP contribution in [0, 0.1) is 11.8 Å². The molecule has 1 heterocycles. The van der Waals surface area contributed by atoms with E-state index in [9.17, 15) is 14.4 Å². The first-order chi connectivity index (χ1) is 9.50. The van der Waals surface area contributed by atoms with Crippen molar-refractivity contribution < 1.29 is 19.5 Å². The Morgan fingerprint density at radius 1 is 1.30 bits per heavy atom. The Morgan fingerprint density at radius 2 is 2.00 bits per heavy atom. The number of nitrogens with zero attached hydrogens (tertiary/aromatic N) is 1. The maximum absolute atomic E-state index is 12.1. The summed E-state index contributed by atoms with van der Waals surface area (Å²) in [6.07, 6.45) is 3.31. The smallest absolute Gasteiger partial charge is 0.326 e. The van der Waals surface area contributed by atoms with Crippen LogP contribution in [0.1, 0.15) is 39.0 Å². The first kappa shape index (κ1) is 14.8. The number of likely N-dealkylation sites (tertiary alicyclic amines) is 1. The summed E-state index contributed by atoms with van der Waals surface area (Å²) in [6.45, 7) is 2.83. The summed E-state index contributed by atoms with van der Waals surface area (Å²) in [5.74, 6) is -0.551. The van der Waals surface area contributed by atoms with E-state index in [-0.39, 0.29) is 24.2 Å². The van der Waals surface area contributed by atoms with Gasteiger partial charge in [-0.1, -0.05) is 6.92 Å². The van der Waals surface area contributed by atoms with Gasteiger partial charge in [0.1, 0.15) is 6.04 Å². The van der Waals surface area contributed by atoms with Gasteiger partial charge in [0.25, 0.3) is 0 Å². The molecule has 0 aromatic heterocycles. The number of carboxylic acids is 1. The highest BCUT2D eigenvalue weighted by Crippen LogP contribution is 2.37. The Kier molecular flexibility index (Phi) is 4.62. The second-order valence-corrected chi connectivity index (χ2v) is 5.80. The summed E-state index contributed by atoms with van der Waals surface area (Å²) in [4.78, 5) is 36.2. The van der Waals surface area contributed by atoms with Gasteiger partial charge in [-0.2, -0.15) is 0 Å². The van der Waals surface area contributed by atoms with Crippen molar-refractivity contribution in [2.24, 2.45) is 11.8 Å². The first-order valence-corrected chi connectivity index (χ1v) is 7.30. The third-order valence-electron chi connectivity index (χ3n) is 4.19. The highest BCUT2D eigenvalue weighted by molar-refractivity contribution is 5.85. The lowest BCUT2D eigenvalue weighted by Crippen LogP contribution is -2.48. The van der Waals surface area contributed by atoms with Gasteiger partial charge in [-0.15, -0.1) is 0 Å². The first-order valence-electron chi connectivity index (χ1n) is 7.30. The number of hydrogen-bond donors (Lipinski definition) is 2. The second-order valence-electron chi connectivity index (χ2n) is 5.80. The molecule has 1 aliphatic carbocycles. The molecule has 0 spiro atoms. The highest BCUT2D eigenvalue weighted by atomic mass is 16.4. The Morgan fingerprint density at radius 3 is 2.60 bits per heavy atom. The molecule has 2 amide bonds. The van der Waals surface area contributed by atoms with E-state index in [0.717, 1.165) is 19.3 Å². The van der Waals surface area contributed by atoms with E-state index in [4.69, 9.17) is 5.11 Å². The molecule has 6 nitrogen and oxygen atoms in total. The average molecular weight is 282 g/mol. The largest absolute Gasteiger partial charge is 0.480 e. The fourth-order valence-electron chi connectivity index (χ4n) is 2.74. The zero-order valence-electron chi connectivity index (χ0n) is 11.8. The summed E-state index contributed by atoms with van der Waals surface area (Å²) in [6, 6.07) is -0.699. The number of carbonyl (C=O) groups excluding carboxylic acids is 2. The standard InChI is InChI=1S/C14H22N2O4/c1-9-8-10(9)13(18)15-6-5-12(17)16-7-3-2-4-11(16)14(19)20/h9-11H,2-8H2,1H3,(H,15,18)(H,19,20)/t9?,10?,11-/m0/s1. The van der Waals surface area contributed by atoms with E-state index >= 15 is 0 Å². The molecule has 2 aliphatic rings. The molecule has 20 heavy (non-hydrogen) atoms. The van der Waals surface area contributed by atoms with E-state index < -0.39 is 12.0 Å². The normalized spacial score (nSPS) is 28.9. The van der Waals surface area contributed by atoms with Crippen LogP contribution < -0.4 is 5.32 Å². The minimum Gasteiger partial charge on any atom is -0.480 e.